The number of anilines is 1. The summed E-state index contributed by atoms with van der Waals surface area (Å²) in [6.45, 7) is 3.15. The van der Waals surface area contributed by atoms with Crippen molar-refractivity contribution < 1.29 is 14.3 Å². The molecular weight excluding hydrogens is 350 g/mol. The van der Waals surface area contributed by atoms with Crippen LogP contribution in [0.15, 0.2) is 60.7 Å². The van der Waals surface area contributed by atoms with Gasteiger partial charge in [0.05, 0.1) is 0 Å². The Kier molecular flexibility index (Phi) is 5.24. The average molecular weight is 368 g/mol. The number of carbonyl (C=O) groups is 2. The van der Waals surface area contributed by atoms with Crippen molar-refractivity contribution in [2.24, 2.45) is 0 Å². The molecule has 5 heteroatoms. The van der Waals surface area contributed by atoms with E-state index >= 15 is 0 Å². The minimum absolute atomic E-state index is 0.140. The zero-order valence-corrected chi connectivity index (χ0v) is 15.2. The number of halogens is 1. The van der Waals surface area contributed by atoms with E-state index in [4.69, 9.17) is 16.3 Å². The lowest BCUT2D eigenvalue weighted by Gasteiger charge is -2.16. The van der Waals surface area contributed by atoms with E-state index in [1.807, 2.05) is 24.3 Å². The zero-order valence-electron chi connectivity index (χ0n) is 14.5. The number of hydrogen-bond donors (Lipinski definition) is 1. The van der Waals surface area contributed by atoms with E-state index in [9.17, 15) is 9.59 Å². The van der Waals surface area contributed by atoms with Crippen LogP contribution >= 0.6 is 11.6 Å². The molecule has 0 aliphatic carbocycles. The van der Waals surface area contributed by atoms with Crippen molar-refractivity contribution in [1.82, 2.24) is 0 Å². The third-order valence-corrected chi connectivity index (χ3v) is 4.32. The van der Waals surface area contributed by atoms with Crippen molar-refractivity contribution in [2.75, 3.05) is 5.32 Å². The van der Waals surface area contributed by atoms with E-state index in [2.05, 4.69) is 5.32 Å². The third-order valence-electron chi connectivity index (χ3n) is 3.99. The maximum absolute atomic E-state index is 12.6. The van der Waals surface area contributed by atoms with Crippen molar-refractivity contribution in [1.29, 1.82) is 0 Å². The number of Topliss-reactive ketones (excluding diaryl/α,β-unsaturated/α-hetero) is 1. The van der Waals surface area contributed by atoms with Crippen molar-refractivity contribution in [3.63, 3.8) is 0 Å². The molecular formula is C21H18ClNO3. The van der Waals surface area contributed by atoms with Gasteiger partial charge < -0.3 is 10.1 Å². The SMILES string of the molecule is CC(=O)Nc1ccc(C(=O)C(C)Oc2ccc(Cl)c3ccccc23)cc1. The van der Waals surface area contributed by atoms with Crippen LogP contribution in [0.5, 0.6) is 5.75 Å². The molecule has 0 saturated carbocycles. The van der Waals surface area contributed by atoms with Gasteiger partial charge in [0, 0.05) is 34.0 Å². The molecule has 3 rings (SSSR count). The monoisotopic (exact) mass is 367 g/mol. The second-order valence-electron chi connectivity index (χ2n) is 5.97. The molecule has 0 spiro atoms. The Hall–Kier alpha value is -2.85. The van der Waals surface area contributed by atoms with E-state index in [0.717, 1.165) is 10.8 Å². The highest BCUT2D eigenvalue weighted by molar-refractivity contribution is 6.35. The highest BCUT2D eigenvalue weighted by atomic mass is 35.5. The highest BCUT2D eigenvalue weighted by Gasteiger charge is 2.18. The molecule has 0 aromatic heterocycles. The van der Waals surface area contributed by atoms with Gasteiger partial charge in [-0.3, -0.25) is 9.59 Å². The van der Waals surface area contributed by atoms with Gasteiger partial charge in [0.15, 0.2) is 6.10 Å². The second-order valence-corrected chi connectivity index (χ2v) is 6.38. The smallest absolute Gasteiger partial charge is 0.221 e. The average Bonchev–Trinajstić information content (AvgIpc) is 2.64. The van der Waals surface area contributed by atoms with E-state index in [1.54, 1.807) is 43.3 Å². The number of ketones is 1. The van der Waals surface area contributed by atoms with E-state index in [1.165, 1.54) is 6.92 Å². The summed E-state index contributed by atoms with van der Waals surface area (Å²) in [6.07, 6.45) is -0.661. The third kappa shape index (κ3) is 3.86. The summed E-state index contributed by atoms with van der Waals surface area (Å²) in [5, 5.41) is 5.05. The highest BCUT2D eigenvalue weighted by Crippen LogP contribution is 2.32. The number of amides is 1. The standard InChI is InChI=1S/C21H18ClNO3/c1-13(21(25)15-7-9-16(10-8-15)23-14(2)24)26-20-12-11-19(22)17-5-3-4-6-18(17)20/h3-13H,1-2H3,(H,23,24). The molecule has 0 bridgehead atoms. The normalized spacial score (nSPS) is 11.8. The van der Waals surface area contributed by atoms with E-state index < -0.39 is 6.10 Å². The maximum atomic E-state index is 12.6. The first-order valence-electron chi connectivity index (χ1n) is 8.21. The van der Waals surface area contributed by atoms with Crippen LogP contribution in [0.2, 0.25) is 5.02 Å². The molecule has 26 heavy (non-hydrogen) atoms. The van der Waals surface area contributed by atoms with Gasteiger partial charge in [0.2, 0.25) is 11.7 Å². The molecule has 0 aliphatic heterocycles. The lowest BCUT2D eigenvalue weighted by atomic mass is 10.1. The molecule has 1 amide bonds. The van der Waals surface area contributed by atoms with Gasteiger partial charge in [0.25, 0.3) is 0 Å². The molecule has 1 atom stereocenters. The van der Waals surface area contributed by atoms with Gasteiger partial charge in [-0.1, -0.05) is 35.9 Å². The topological polar surface area (TPSA) is 55.4 Å². The number of ether oxygens (including phenoxy) is 1. The Morgan fingerprint density at radius 2 is 1.62 bits per heavy atom. The van der Waals surface area contributed by atoms with Crippen molar-refractivity contribution in [3.8, 4) is 5.75 Å². The number of rotatable bonds is 5. The number of hydrogen-bond acceptors (Lipinski definition) is 3. The second kappa shape index (κ2) is 7.58. The Morgan fingerprint density at radius 3 is 2.27 bits per heavy atom. The van der Waals surface area contributed by atoms with Gasteiger partial charge in [-0.05, 0) is 43.3 Å². The van der Waals surface area contributed by atoms with Gasteiger partial charge in [0.1, 0.15) is 5.75 Å². The van der Waals surface area contributed by atoms with Crippen molar-refractivity contribution in [3.05, 3.63) is 71.2 Å². The van der Waals surface area contributed by atoms with Crippen LogP contribution in [-0.2, 0) is 4.79 Å². The number of benzene rings is 3. The van der Waals surface area contributed by atoms with Crippen molar-refractivity contribution in [2.45, 2.75) is 20.0 Å². The summed E-state index contributed by atoms with van der Waals surface area (Å²) >= 11 is 6.22. The quantitative estimate of drug-likeness (QED) is 0.638. The fourth-order valence-corrected chi connectivity index (χ4v) is 2.96. The molecule has 1 unspecified atom stereocenters. The van der Waals surface area contributed by atoms with Crippen LogP contribution in [0.25, 0.3) is 10.8 Å². The van der Waals surface area contributed by atoms with E-state index in [0.29, 0.717) is 22.0 Å². The number of nitrogens with one attached hydrogen (secondary N) is 1. The molecule has 3 aromatic carbocycles. The summed E-state index contributed by atoms with van der Waals surface area (Å²) in [6, 6.07) is 17.9. The predicted molar refractivity (Wildman–Crippen MR) is 104 cm³/mol. The molecule has 3 aromatic rings. The first-order valence-corrected chi connectivity index (χ1v) is 8.59. The zero-order chi connectivity index (χ0) is 18.7. The first kappa shape index (κ1) is 18.0. The Morgan fingerprint density at radius 1 is 0.962 bits per heavy atom. The molecule has 1 N–H and O–H groups in total. The molecule has 0 saturated heterocycles. The summed E-state index contributed by atoms with van der Waals surface area (Å²) < 4.78 is 5.92. The van der Waals surface area contributed by atoms with Crippen molar-refractivity contribution >= 4 is 39.8 Å². The summed E-state index contributed by atoms with van der Waals surface area (Å²) in [5.41, 5.74) is 1.16. The maximum Gasteiger partial charge on any atom is 0.221 e. The molecule has 4 nitrogen and oxygen atoms in total. The summed E-state index contributed by atoms with van der Waals surface area (Å²) in [4.78, 5) is 23.7. The fraction of sp³-hybridized carbons (Fsp3) is 0.143. The fourth-order valence-electron chi connectivity index (χ4n) is 2.74. The predicted octanol–water partition coefficient (Wildman–Crippen LogP) is 5.10. The van der Waals surface area contributed by atoms with Crippen LogP contribution < -0.4 is 10.1 Å². The molecule has 0 aliphatic rings. The Bertz CT molecular complexity index is 967. The number of carbonyl (C=O) groups excluding carboxylic acids is 2. The molecule has 0 heterocycles. The van der Waals surface area contributed by atoms with Crippen LogP contribution in [0.4, 0.5) is 5.69 Å². The van der Waals surface area contributed by atoms with Crippen LogP contribution in [0.1, 0.15) is 24.2 Å². The van der Waals surface area contributed by atoms with Crippen LogP contribution in [0, 0.1) is 0 Å². The largest absolute Gasteiger partial charge is 0.482 e. The Balaban J connectivity index is 1.80. The summed E-state index contributed by atoms with van der Waals surface area (Å²) in [7, 11) is 0. The van der Waals surface area contributed by atoms with E-state index in [-0.39, 0.29) is 11.7 Å². The molecule has 0 radical (unpaired) electrons. The Labute approximate surface area is 156 Å². The molecule has 132 valence electrons. The van der Waals surface area contributed by atoms with Gasteiger partial charge in [-0.15, -0.1) is 0 Å². The van der Waals surface area contributed by atoms with Gasteiger partial charge >= 0.3 is 0 Å². The molecule has 0 fully saturated rings. The minimum atomic E-state index is -0.661. The summed E-state index contributed by atoms with van der Waals surface area (Å²) in [5.74, 6) is 0.314. The lowest BCUT2D eigenvalue weighted by molar-refractivity contribution is -0.114. The van der Waals surface area contributed by atoms with Crippen LogP contribution in [-0.4, -0.2) is 17.8 Å². The lowest BCUT2D eigenvalue weighted by Crippen LogP contribution is -2.24. The first-order chi connectivity index (χ1) is 12.5. The van der Waals surface area contributed by atoms with Crippen LogP contribution in [0.3, 0.4) is 0 Å². The minimum Gasteiger partial charge on any atom is -0.482 e. The van der Waals surface area contributed by atoms with Gasteiger partial charge in [-0.2, -0.15) is 0 Å². The van der Waals surface area contributed by atoms with Gasteiger partial charge in [-0.25, -0.2) is 0 Å². The number of fused-ring (bicyclic) bond motifs is 1.